The molecule has 0 radical (unpaired) electrons. The van der Waals surface area contributed by atoms with Crippen LogP contribution in [-0.2, 0) is 11.2 Å². The van der Waals surface area contributed by atoms with E-state index in [1.807, 2.05) is 18.0 Å². The standard InChI is InChI=1S/C28H34F4N4O/c1-16(28(30,31)32)26-21-4-3-5-24(35-25-10-11-36(2)15-23(25)29)22(21)14-19(33-26)9-6-17-12-20(13-17)34-27(37)18-7-8-18/h3-5,14,17-18,20,23,25,35H,1,6-13,15H2,2H3,(H,34,37)/t17?,20?,23-,25+/m0/s1. The normalized spacial score (nSPS) is 26.5. The molecule has 1 saturated heterocycles. The first kappa shape index (κ1) is 25.9. The first-order valence-corrected chi connectivity index (χ1v) is 13.2. The van der Waals surface area contributed by atoms with Crippen molar-refractivity contribution < 1.29 is 22.4 Å². The Bertz CT molecular complexity index is 1170. The Morgan fingerprint density at radius 2 is 1.95 bits per heavy atom. The van der Waals surface area contributed by atoms with Crippen LogP contribution in [0.4, 0.5) is 23.2 Å². The van der Waals surface area contributed by atoms with Gasteiger partial charge in [-0.1, -0.05) is 18.7 Å². The number of rotatable bonds is 8. The number of nitrogens with one attached hydrogen (secondary N) is 2. The Morgan fingerprint density at radius 3 is 2.62 bits per heavy atom. The predicted molar refractivity (Wildman–Crippen MR) is 137 cm³/mol. The number of piperidine rings is 1. The summed E-state index contributed by atoms with van der Waals surface area (Å²) in [7, 11) is 1.87. The van der Waals surface area contributed by atoms with Gasteiger partial charge in [-0.05, 0) is 70.0 Å². The minimum atomic E-state index is -4.61. The molecular formula is C28H34F4N4O. The number of nitrogens with zero attached hydrogens (tertiary/aromatic N) is 2. The summed E-state index contributed by atoms with van der Waals surface area (Å²) < 4.78 is 55.8. The van der Waals surface area contributed by atoms with Gasteiger partial charge in [-0.3, -0.25) is 9.78 Å². The van der Waals surface area contributed by atoms with E-state index in [9.17, 15) is 22.4 Å². The molecule has 1 amide bonds. The van der Waals surface area contributed by atoms with Crippen LogP contribution in [0.5, 0.6) is 0 Å². The number of hydrogen-bond donors (Lipinski definition) is 2. The van der Waals surface area contributed by atoms with E-state index in [1.165, 1.54) is 0 Å². The number of hydrogen-bond acceptors (Lipinski definition) is 4. The highest BCUT2D eigenvalue weighted by molar-refractivity contribution is 6.00. The predicted octanol–water partition coefficient (Wildman–Crippen LogP) is 5.50. The molecule has 3 fully saturated rings. The second-order valence-electron chi connectivity index (χ2n) is 11.0. The maximum Gasteiger partial charge on any atom is 0.417 e. The summed E-state index contributed by atoms with van der Waals surface area (Å²) in [5.74, 6) is 0.734. The van der Waals surface area contributed by atoms with Crippen LogP contribution in [0.3, 0.4) is 0 Å². The van der Waals surface area contributed by atoms with Crippen LogP contribution in [0, 0.1) is 11.8 Å². The van der Waals surface area contributed by atoms with Gasteiger partial charge in [0.2, 0.25) is 5.91 Å². The van der Waals surface area contributed by atoms with E-state index in [2.05, 4.69) is 22.2 Å². The highest BCUT2D eigenvalue weighted by Crippen LogP contribution is 2.39. The number of allylic oxidation sites excluding steroid dienone is 1. The van der Waals surface area contributed by atoms with Gasteiger partial charge in [-0.25, -0.2) is 4.39 Å². The number of pyridine rings is 1. The molecule has 37 heavy (non-hydrogen) atoms. The number of fused-ring (bicyclic) bond motifs is 1. The number of alkyl halides is 4. The summed E-state index contributed by atoms with van der Waals surface area (Å²) >= 11 is 0. The molecule has 2 aliphatic carbocycles. The first-order chi connectivity index (χ1) is 17.6. The molecule has 2 atom stereocenters. The number of aryl methyl sites for hydroxylation is 1. The molecule has 2 saturated carbocycles. The molecule has 1 aromatic heterocycles. The van der Waals surface area contributed by atoms with Crippen LogP contribution in [0.25, 0.3) is 16.3 Å². The zero-order valence-electron chi connectivity index (χ0n) is 21.1. The number of benzene rings is 1. The highest BCUT2D eigenvalue weighted by Gasteiger charge is 2.37. The Kier molecular flexibility index (Phi) is 7.18. The van der Waals surface area contributed by atoms with E-state index in [0.717, 1.165) is 38.6 Å². The van der Waals surface area contributed by atoms with E-state index in [1.54, 1.807) is 18.2 Å². The van der Waals surface area contributed by atoms with Gasteiger partial charge in [0, 0.05) is 47.2 Å². The van der Waals surface area contributed by atoms with Crippen molar-refractivity contribution in [2.45, 2.75) is 69.4 Å². The highest BCUT2D eigenvalue weighted by atomic mass is 19.4. The van der Waals surface area contributed by atoms with Crippen molar-refractivity contribution in [1.82, 2.24) is 15.2 Å². The minimum absolute atomic E-state index is 0.148. The van der Waals surface area contributed by atoms with Gasteiger partial charge in [0.15, 0.2) is 0 Å². The van der Waals surface area contributed by atoms with Gasteiger partial charge in [0.05, 0.1) is 17.3 Å². The Hall–Kier alpha value is -2.68. The molecular weight excluding hydrogens is 484 g/mol. The number of carbonyl (C=O) groups is 1. The molecule has 5 nitrogen and oxygen atoms in total. The maximum atomic E-state index is 14.7. The van der Waals surface area contributed by atoms with Crippen LogP contribution in [0.15, 0.2) is 30.8 Å². The van der Waals surface area contributed by atoms with Gasteiger partial charge < -0.3 is 15.5 Å². The largest absolute Gasteiger partial charge is 0.417 e. The van der Waals surface area contributed by atoms with Crippen LogP contribution in [0.2, 0.25) is 0 Å². The van der Waals surface area contributed by atoms with Crippen molar-refractivity contribution in [2.75, 3.05) is 25.5 Å². The van der Waals surface area contributed by atoms with Crippen LogP contribution in [0.1, 0.15) is 49.9 Å². The molecule has 0 unspecified atom stereocenters. The number of carbonyl (C=O) groups excluding carboxylic acids is 1. The summed E-state index contributed by atoms with van der Waals surface area (Å²) in [5.41, 5.74) is 0.0199. The lowest BCUT2D eigenvalue weighted by molar-refractivity contribution is -0.123. The summed E-state index contributed by atoms with van der Waals surface area (Å²) in [4.78, 5) is 18.3. The lowest BCUT2D eigenvalue weighted by Crippen LogP contribution is -2.46. The monoisotopic (exact) mass is 518 g/mol. The zero-order chi connectivity index (χ0) is 26.3. The smallest absolute Gasteiger partial charge is 0.379 e. The Morgan fingerprint density at radius 1 is 1.19 bits per heavy atom. The van der Waals surface area contributed by atoms with Gasteiger partial charge in [0.25, 0.3) is 0 Å². The fourth-order valence-corrected chi connectivity index (χ4v) is 5.47. The molecule has 5 rings (SSSR count). The summed E-state index contributed by atoms with van der Waals surface area (Å²) in [6.45, 7) is 4.38. The van der Waals surface area contributed by atoms with E-state index >= 15 is 0 Å². The average Bonchev–Trinajstić information content (AvgIpc) is 3.66. The SMILES string of the molecule is C=C(c1nc(CCC2CC(NC(=O)C3CC3)C2)cc2c(N[C@@H]3CCN(C)C[C@@H]3F)cccc12)C(F)(F)F. The summed E-state index contributed by atoms with van der Waals surface area (Å²) in [5, 5.41) is 7.31. The van der Waals surface area contributed by atoms with Gasteiger partial charge in [0.1, 0.15) is 6.17 Å². The molecule has 200 valence electrons. The fraction of sp³-hybridized carbons (Fsp3) is 0.571. The van der Waals surface area contributed by atoms with E-state index in [4.69, 9.17) is 0 Å². The van der Waals surface area contributed by atoms with Crippen molar-refractivity contribution in [3.05, 3.63) is 42.2 Å². The van der Waals surface area contributed by atoms with E-state index in [0.29, 0.717) is 47.5 Å². The Labute approximate surface area is 214 Å². The Balaban J connectivity index is 1.35. The van der Waals surface area contributed by atoms with Crippen molar-refractivity contribution in [2.24, 2.45) is 11.8 Å². The fourth-order valence-electron chi connectivity index (χ4n) is 5.47. The molecule has 2 heterocycles. The van der Waals surface area contributed by atoms with Crippen LogP contribution >= 0.6 is 0 Å². The number of amides is 1. The molecule has 0 spiro atoms. The first-order valence-electron chi connectivity index (χ1n) is 13.2. The number of anilines is 1. The number of likely N-dealkylation sites (tertiary alicyclic amines) is 1. The third kappa shape index (κ3) is 5.92. The molecule has 2 N–H and O–H groups in total. The molecule has 1 aromatic carbocycles. The molecule has 1 aliphatic heterocycles. The second-order valence-corrected chi connectivity index (χ2v) is 11.0. The quantitative estimate of drug-likeness (QED) is 0.453. The molecule has 3 aliphatic rings. The topological polar surface area (TPSA) is 57.3 Å². The van der Waals surface area contributed by atoms with Crippen LogP contribution in [-0.4, -0.2) is 60.4 Å². The van der Waals surface area contributed by atoms with Crippen molar-refractivity contribution in [3.63, 3.8) is 0 Å². The van der Waals surface area contributed by atoms with Gasteiger partial charge in [-0.15, -0.1) is 0 Å². The minimum Gasteiger partial charge on any atom is -0.379 e. The van der Waals surface area contributed by atoms with Crippen molar-refractivity contribution >= 4 is 27.9 Å². The molecule has 2 aromatic rings. The zero-order valence-corrected chi connectivity index (χ0v) is 21.1. The third-order valence-corrected chi connectivity index (χ3v) is 7.98. The molecule has 0 bridgehead atoms. The lowest BCUT2D eigenvalue weighted by atomic mass is 9.77. The lowest BCUT2D eigenvalue weighted by Gasteiger charge is -2.36. The average molecular weight is 519 g/mol. The van der Waals surface area contributed by atoms with E-state index < -0.39 is 24.0 Å². The van der Waals surface area contributed by atoms with Crippen molar-refractivity contribution in [1.29, 1.82) is 0 Å². The van der Waals surface area contributed by atoms with E-state index in [-0.39, 0.29) is 23.6 Å². The van der Waals surface area contributed by atoms with Gasteiger partial charge in [-0.2, -0.15) is 13.2 Å². The van der Waals surface area contributed by atoms with Gasteiger partial charge >= 0.3 is 6.18 Å². The number of halogens is 4. The number of aromatic nitrogens is 1. The summed E-state index contributed by atoms with van der Waals surface area (Å²) in [6.07, 6.45) is -0.0607. The van der Waals surface area contributed by atoms with Crippen molar-refractivity contribution in [3.8, 4) is 0 Å². The maximum absolute atomic E-state index is 14.7. The molecule has 9 heteroatoms. The second kappa shape index (κ2) is 10.2. The third-order valence-electron chi connectivity index (χ3n) is 7.98. The summed E-state index contributed by atoms with van der Waals surface area (Å²) in [6, 6.07) is 6.69. The van der Waals surface area contributed by atoms with Crippen LogP contribution < -0.4 is 10.6 Å².